The number of thiocarbonyl (C=S) groups is 1. The first-order valence-electron chi connectivity index (χ1n) is 7.31. The third-order valence-corrected chi connectivity index (χ3v) is 3.55. The second-order valence-corrected chi connectivity index (χ2v) is 5.95. The Hall–Kier alpha value is -2.71. The molecule has 0 saturated heterocycles. The Labute approximate surface area is 155 Å². The van der Waals surface area contributed by atoms with Gasteiger partial charge < -0.3 is 11.1 Å². The Morgan fingerprint density at radius 2 is 2.16 bits per heavy atom. The number of nitro benzene ring substituents is 1. The lowest BCUT2D eigenvalue weighted by atomic mass is 10.1. The van der Waals surface area contributed by atoms with E-state index in [1.807, 2.05) is 18.2 Å². The maximum Gasteiger partial charge on any atom is 0.292 e. The van der Waals surface area contributed by atoms with Gasteiger partial charge in [0.05, 0.1) is 11.1 Å². The Kier molecular flexibility index (Phi) is 6.67. The van der Waals surface area contributed by atoms with Crippen LogP contribution in [0.15, 0.2) is 47.6 Å². The molecule has 0 aliphatic carbocycles. The van der Waals surface area contributed by atoms with Gasteiger partial charge in [-0.05, 0) is 42.4 Å². The molecule has 0 unspecified atom stereocenters. The van der Waals surface area contributed by atoms with Crippen LogP contribution in [0, 0.1) is 10.1 Å². The van der Waals surface area contributed by atoms with Crippen molar-refractivity contribution in [2.45, 2.75) is 6.42 Å². The molecule has 0 atom stereocenters. The lowest BCUT2D eigenvalue weighted by molar-refractivity contribution is -0.384. The number of nitrogens with one attached hydrogen (secondary N) is 2. The molecule has 0 radical (unpaired) electrons. The van der Waals surface area contributed by atoms with E-state index in [1.54, 1.807) is 18.2 Å². The number of halogens is 1. The van der Waals surface area contributed by atoms with Crippen LogP contribution in [0.1, 0.15) is 11.1 Å². The zero-order valence-corrected chi connectivity index (χ0v) is 14.7. The minimum Gasteiger partial charge on any atom is -0.379 e. The van der Waals surface area contributed by atoms with Crippen molar-refractivity contribution >= 4 is 46.5 Å². The summed E-state index contributed by atoms with van der Waals surface area (Å²) in [5.74, 6) is 0. The minimum atomic E-state index is -0.444. The number of rotatable bonds is 7. The van der Waals surface area contributed by atoms with E-state index in [1.165, 1.54) is 12.3 Å². The highest BCUT2D eigenvalue weighted by Gasteiger charge is 2.13. The zero-order chi connectivity index (χ0) is 18.2. The first-order chi connectivity index (χ1) is 12.0. The van der Waals surface area contributed by atoms with E-state index in [4.69, 9.17) is 17.3 Å². The summed E-state index contributed by atoms with van der Waals surface area (Å²) in [5, 5.41) is 18.8. The summed E-state index contributed by atoms with van der Waals surface area (Å²) in [6, 6.07) is 12.3. The minimum absolute atomic E-state index is 0.0186. The van der Waals surface area contributed by atoms with Crippen molar-refractivity contribution in [3.63, 3.8) is 0 Å². The molecule has 0 aliphatic heterocycles. The summed E-state index contributed by atoms with van der Waals surface area (Å²) in [6.45, 7) is 0.539. The third kappa shape index (κ3) is 6.02. The van der Waals surface area contributed by atoms with Crippen LogP contribution < -0.4 is 16.5 Å². The van der Waals surface area contributed by atoms with E-state index in [2.05, 4.69) is 28.1 Å². The molecular formula is C16H16ClN5O2S. The Bertz CT molecular complexity index is 813. The predicted molar refractivity (Wildman–Crippen MR) is 104 cm³/mol. The molecular weight excluding hydrogens is 362 g/mol. The number of hydrogen-bond donors (Lipinski definition) is 3. The van der Waals surface area contributed by atoms with Gasteiger partial charge in [0.15, 0.2) is 5.11 Å². The maximum absolute atomic E-state index is 11.3. The Morgan fingerprint density at radius 3 is 2.84 bits per heavy atom. The molecule has 0 aliphatic rings. The highest BCUT2D eigenvalue weighted by molar-refractivity contribution is 7.80. The monoisotopic (exact) mass is 377 g/mol. The fourth-order valence-corrected chi connectivity index (χ4v) is 2.40. The summed E-state index contributed by atoms with van der Waals surface area (Å²) in [4.78, 5) is 10.8. The molecule has 2 rings (SSSR count). The molecule has 0 amide bonds. The Morgan fingerprint density at radius 1 is 1.36 bits per heavy atom. The molecule has 0 saturated carbocycles. The average molecular weight is 378 g/mol. The van der Waals surface area contributed by atoms with Crippen LogP contribution in [0.4, 0.5) is 11.4 Å². The highest BCUT2D eigenvalue weighted by Crippen LogP contribution is 2.25. The Balaban J connectivity index is 2.05. The standard InChI is InChI=1S/C16H16ClN5O2S/c17-13-3-1-2-11(8-13)6-7-19-14-5-4-12(9-15(14)22(23)24)10-20-21-16(18)25/h1-5,8-10,19H,6-7H2,(H3,18,21,25). The van der Waals surface area contributed by atoms with Crippen LogP contribution in [0.3, 0.4) is 0 Å². The smallest absolute Gasteiger partial charge is 0.292 e. The van der Waals surface area contributed by atoms with Crippen LogP contribution in [-0.2, 0) is 6.42 Å². The van der Waals surface area contributed by atoms with Gasteiger partial charge in [-0.15, -0.1) is 0 Å². The van der Waals surface area contributed by atoms with E-state index in [0.29, 0.717) is 29.2 Å². The lowest BCUT2D eigenvalue weighted by Crippen LogP contribution is -2.23. The summed E-state index contributed by atoms with van der Waals surface area (Å²) in [7, 11) is 0. The van der Waals surface area contributed by atoms with Gasteiger partial charge in [-0.25, -0.2) is 0 Å². The molecule has 2 aromatic carbocycles. The lowest BCUT2D eigenvalue weighted by Gasteiger charge is -2.08. The normalized spacial score (nSPS) is 10.6. The molecule has 2 aromatic rings. The van der Waals surface area contributed by atoms with Gasteiger partial charge in [-0.3, -0.25) is 15.5 Å². The van der Waals surface area contributed by atoms with E-state index >= 15 is 0 Å². The number of nitro groups is 1. The van der Waals surface area contributed by atoms with Crippen molar-refractivity contribution in [2.24, 2.45) is 10.8 Å². The van der Waals surface area contributed by atoms with Crippen molar-refractivity contribution in [3.05, 3.63) is 68.7 Å². The van der Waals surface area contributed by atoms with Crippen molar-refractivity contribution in [2.75, 3.05) is 11.9 Å². The molecule has 4 N–H and O–H groups in total. The number of hydrogen-bond acceptors (Lipinski definition) is 5. The quantitative estimate of drug-likeness (QED) is 0.296. The van der Waals surface area contributed by atoms with E-state index in [9.17, 15) is 10.1 Å². The predicted octanol–water partition coefficient (Wildman–Crippen LogP) is 3.07. The molecule has 0 aromatic heterocycles. The summed E-state index contributed by atoms with van der Waals surface area (Å²) >= 11 is 10.6. The van der Waals surface area contributed by atoms with Crippen LogP contribution in [0.25, 0.3) is 0 Å². The second-order valence-electron chi connectivity index (χ2n) is 5.07. The zero-order valence-electron chi connectivity index (χ0n) is 13.1. The molecule has 9 heteroatoms. The van der Waals surface area contributed by atoms with E-state index in [-0.39, 0.29) is 10.8 Å². The topological polar surface area (TPSA) is 106 Å². The fraction of sp³-hybridized carbons (Fsp3) is 0.125. The number of anilines is 1. The van der Waals surface area contributed by atoms with Gasteiger partial charge in [-0.2, -0.15) is 5.10 Å². The van der Waals surface area contributed by atoms with Gasteiger partial charge in [-0.1, -0.05) is 29.8 Å². The maximum atomic E-state index is 11.3. The second kappa shape index (κ2) is 8.95. The summed E-state index contributed by atoms with van der Waals surface area (Å²) < 4.78 is 0. The molecule has 25 heavy (non-hydrogen) atoms. The summed E-state index contributed by atoms with van der Waals surface area (Å²) in [6.07, 6.45) is 2.10. The number of hydrazone groups is 1. The van der Waals surface area contributed by atoms with Crippen LogP contribution in [0.5, 0.6) is 0 Å². The number of benzene rings is 2. The molecule has 7 nitrogen and oxygen atoms in total. The van der Waals surface area contributed by atoms with Gasteiger partial charge in [0.1, 0.15) is 5.69 Å². The van der Waals surface area contributed by atoms with Crippen molar-refractivity contribution in [1.82, 2.24) is 5.43 Å². The average Bonchev–Trinajstić information content (AvgIpc) is 2.55. The third-order valence-electron chi connectivity index (χ3n) is 3.23. The van der Waals surface area contributed by atoms with Crippen LogP contribution >= 0.6 is 23.8 Å². The van der Waals surface area contributed by atoms with Gasteiger partial charge >= 0.3 is 0 Å². The SMILES string of the molecule is NC(=S)NN=Cc1ccc(NCCc2cccc(Cl)c2)c([N+](=O)[O-])c1. The van der Waals surface area contributed by atoms with Gasteiger partial charge in [0, 0.05) is 23.2 Å². The van der Waals surface area contributed by atoms with Gasteiger partial charge in [0.25, 0.3) is 5.69 Å². The number of nitrogens with two attached hydrogens (primary N) is 1. The van der Waals surface area contributed by atoms with E-state index < -0.39 is 4.92 Å². The molecule has 0 fully saturated rings. The first-order valence-corrected chi connectivity index (χ1v) is 8.09. The van der Waals surface area contributed by atoms with Gasteiger partial charge in [0.2, 0.25) is 0 Å². The molecule has 0 spiro atoms. The number of nitrogens with zero attached hydrogens (tertiary/aromatic N) is 2. The largest absolute Gasteiger partial charge is 0.379 e. The molecule has 0 bridgehead atoms. The van der Waals surface area contributed by atoms with Crippen LogP contribution in [-0.4, -0.2) is 22.8 Å². The molecule has 130 valence electrons. The van der Waals surface area contributed by atoms with E-state index in [0.717, 1.165) is 5.56 Å². The highest BCUT2D eigenvalue weighted by atomic mass is 35.5. The summed E-state index contributed by atoms with van der Waals surface area (Å²) in [5.41, 5.74) is 9.65. The van der Waals surface area contributed by atoms with Crippen molar-refractivity contribution in [3.8, 4) is 0 Å². The fourth-order valence-electron chi connectivity index (χ4n) is 2.13. The van der Waals surface area contributed by atoms with Crippen molar-refractivity contribution < 1.29 is 4.92 Å². The van der Waals surface area contributed by atoms with Crippen LogP contribution in [0.2, 0.25) is 5.02 Å². The van der Waals surface area contributed by atoms with Crippen molar-refractivity contribution in [1.29, 1.82) is 0 Å². The molecule has 0 heterocycles. The first kappa shape index (κ1) is 18.6.